The Morgan fingerprint density at radius 1 is 1.12 bits per heavy atom. The number of thiocarbonyl (C=S) groups is 1. The molecule has 1 N–H and O–H groups in total. The molecule has 0 radical (unpaired) electrons. The number of benzene rings is 2. The van der Waals surface area contributed by atoms with Crippen LogP contribution in [-0.2, 0) is 16.0 Å². The van der Waals surface area contributed by atoms with Gasteiger partial charge in [-0.15, -0.1) is 0 Å². The molecule has 1 aliphatic rings. The lowest BCUT2D eigenvalue weighted by Gasteiger charge is -2.15. The molecule has 1 amide bonds. The standard InChI is InChI=1S/C23H23NO6S2/c1-28-18-8-7-15(13-19(18)29-2)9-11-24-22(27)20(32-23(24)31)14-16-5-3-4-6-17(16)30-12-10-21(25)26/h3-8,13-14H,9-12H2,1-2H3,(H,25,26)/b20-14+. The first-order valence-corrected chi connectivity index (χ1v) is 11.0. The Labute approximate surface area is 196 Å². The van der Waals surface area contributed by atoms with Crippen LogP contribution in [-0.4, -0.2) is 53.6 Å². The number of aliphatic carboxylic acids is 1. The fourth-order valence-electron chi connectivity index (χ4n) is 3.09. The van der Waals surface area contributed by atoms with Crippen molar-refractivity contribution in [1.29, 1.82) is 0 Å². The van der Waals surface area contributed by atoms with Gasteiger partial charge in [-0.25, -0.2) is 0 Å². The van der Waals surface area contributed by atoms with E-state index in [1.807, 2.05) is 30.3 Å². The van der Waals surface area contributed by atoms with Crippen LogP contribution in [0.4, 0.5) is 0 Å². The fourth-order valence-corrected chi connectivity index (χ4v) is 4.39. The fraction of sp³-hybridized carbons (Fsp3) is 0.261. The van der Waals surface area contributed by atoms with Gasteiger partial charge in [0, 0.05) is 12.1 Å². The summed E-state index contributed by atoms with van der Waals surface area (Å²) in [5, 5.41) is 8.80. The Bertz CT molecular complexity index is 1050. The highest BCUT2D eigenvalue weighted by molar-refractivity contribution is 8.26. The van der Waals surface area contributed by atoms with Gasteiger partial charge in [0.15, 0.2) is 11.5 Å². The summed E-state index contributed by atoms with van der Waals surface area (Å²) in [7, 11) is 3.16. The number of nitrogens with zero attached hydrogens (tertiary/aromatic N) is 1. The van der Waals surface area contributed by atoms with Crippen molar-refractivity contribution in [1.82, 2.24) is 4.90 Å². The van der Waals surface area contributed by atoms with E-state index in [-0.39, 0.29) is 18.9 Å². The van der Waals surface area contributed by atoms with Crippen LogP contribution in [0.1, 0.15) is 17.5 Å². The smallest absolute Gasteiger partial charge is 0.306 e. The number of carboxylic acids is 1. The molecule has 2 aromatic rings. The Hall–Kier alpha value is -3.04. The molecule has 2 aromatic carbocycles. The minimum absolute atomic E-state index is 0.0481. The van der Waals surface area contributed by atoms with Gasteiger partial charge in [0.2, 0.25) is 0 Å². The maximum absolute atomic E-state index is 13.0. The lowest BCUT2D eigenvalue weighted by atomic mass is 10.1. The zero-order valence-electron chi connectivity index (χ0n) is 17.7. The summed E-state index contributed by atoms with van der Waals surface area (Å²) >= 11 is 6.67. The van der Waals surface area contributed by atoms with Crippen LogP contribution in [0.25, 0.3) is 6.08 Å². The van der Waals surface area contributed by atoms with Gasteiger partial charge in [0.1, 0.15) is 10.1 Å². The molecule has 1 aliphatic heterocycles. The van der Waals surface area contributed by atoms with E-state index in [1.54, 1.807) is 37.3 Å². The Morgan fingerprint density at radius 2 is 1.88 bits per heavy atom. The average molecular weight is 474 g/mol. The summed E-state index contributed by atoms with van der Waals surface area (Å²) in [6.45, 7) is 0.487. The number of rotatable bonds is 10. The van der Waals surface area contributed by atoms with Gasteiger partial charge in [0.05, 0.1) is 32.2 Å². The molecule has 168 valence electrons. The van der Waals surface area contributed by atoms with E-state index in [4.69, 9.17) is 31.5 Å². The van der Waals surface area contributed by atoms with Crippen LogP contribution < -0.4 is 14.2 Å². The van der Waals surface area contributed by atoms with Crippen molar-refractivity contribution in [2.75, 3.05) is 27.4 Å². The van der Waals surface area contributed by atoms with E-state index in [9.17, 15) is 9.59 Å². The normalized spacial score (nSPS) is 14.7. The number of ether oxygens (including phenoxy) is 3. The molecule has 0 aliphatic carbocycles. The SMILES string of the molecule is COc1ccc(CCN2C(=O)/C(=C\c3ccccc3OCCC(=O)O)SC2=S)cc1OC. The summed E-state index contributed by atoms with van der Waals surface area (Å²) in [6.07, 6.45) is 2.23. The van der Waals surface area contributed by atoms with E-state index in [0.717, 1.165) is 5.56 Å². The summed E-state index contributed by atoms with van der Waals surface area (Å²) in [4.78, 5) is 25.8. The van der Waals surface area contributed by atoms with Crippen LogP contribution in [0.3, 0.4) is 0 Å². The lowest BCUT2D eigenvalue weighted by molar-refractivity contribution is -0.137. The van der Waals surface area contributed by atoms with E-state index in [2.05, 4.69) is 0 Å². The van der Waals surface area contributed by atoms with Crippen LogP contribution >= 0.6 is 24.0 Å². The summed E-state index contributed by atoms with van der Waals surface area (Å²) < 4.78 is 16.7. The number of para-hydroxylation sites is 1. The number of carboxylic acid groups (broad SMARTS) is 1. The topological polar surface area (TPSA) is 85.3 Å². The first-order chi connectivity index (χ1) is 15.4. The maximum Gasteiger partial charge on any atom is 0.306 e. The van der Waals surface area contributed by atoms with Crippen LogP contribution in [0, 0.1) is 0 Å². The third-order valence-electron chi connectivity index (χ3n) is 4.72. The number of amides is 1. The molecule has 0 spiro atoms. The van der Waals surface area contributed by atoms with Crippen molar-refractivity contribution in [3.8, 4) is 17.2 Å². The van der Waals surface area contributed by atoms with Crippen molar-refractivity contribution in [3.05, 3.63) is 58.5 Å². The van der Waals surface area contributed by atoms with E-state index < -0.39 is 5.97 Å². The van der Waals surface area contributed by atoms with Crippen LogP contribution in [0.5, 0.6) is 17.2 Å². The highest BCUT2D eigenvalue weighted by Gasteiger charge is 2.31. The number of carbonyl (C=O) groups is 2. The van der Waals surface area contributed by atoms with Crippen molar-refractivity contribution in [2.45, 2.75) is 12.8 Å². The number of methoxy groups -OCH3 is 2. The second-order valence-electron chi connectivity index (χ2n) is 6.80. The molecule has 1 fully saturated rings. The molecule has 0 unspecified atom stereocenters. The van der Waals surface area contributed by atoms with Crippen LogP contribution in [0.2, 0.25) is 0 Å². The first-order valence-electron chi connectivity index (χ1n) is 9.83. The minimum Gasteiger partial charge on any atom is -0.493 e. The molecular formula is C23H23NO6S2. The molecular weight excluding hydrogens is 450 g/mol. The average Bonchev–Trinajstić information content (AvgIpc) is 3.05. The minimum atomic E-state index is -0.933. The predicted octanol–water partition coefficient (Wildman–Crippen LogP) is 4.00. The molecule has 7 nitrogen and oxygen atoms in total. The molecule has 32 heavy (non-hydrogen) atoms. The largest absolute Gasteiger partial charge is 0.493 e. The first kappa shape index (κ1) is 23.6. The van der Waals surface area contributed by atoms with Gasteiger partial charge < -0.3 is 19.3 Å². The lowest BCUT2D eigenvalue weighted by Crippen LogP contribution is -2.30. The summed E-state index contributed by atoms with van der Waals surface area (Å²) in [5.74, 6) is 0.701. The van der Waals surface area contributed by atoms with Gasteiger partial charge in [-0.2, -0.15) is 0 Å². The van der Waals surface area contributed by atoms with Gasteiger partial charge in [-0.05, 0) is 36.3 Å². The van der Waals surface area contributed by atoms with Crippen molar-refractivity contribution < 1.29 is 28.9 Å². The number of carbonyl (C=O) groups excluding carboxylic acids is 1. The van der Waals surface area contributed by atoms with Gasteiger partial charge in [-0.1, -0.05) is 48.2 Å². The molecule has 9 heteroatoms. The molecule has 1 heterocycles. The number of hydrogen-bond acceptors (Lipinski definition) is 7. The van der Waals surface area contributed by atoms with Crippen molar-refractivity contribution in [3.63, 3.8) is 0 Å². The third kappa shape index (κ3) is 5.80. The Balaban J connectivity index is 1.70. The van der Waals surface area contributed by atoms with Gasteiger partial charge >= 0.3 is 5.97 Å². The van der Waals surface area contributed by atoms with E-state index >= 15 is 0 Å². The van der Waals surface area contributed by atoms with Crippen molar-refractivity contribution >= 4 is 46.3 Å². The van der Waals surface area contributed by atoms with E-state index in [1.165, 1.54) is 11.8 Å². The Kier molecular flexibility index (Phi) is 8.13. The molecule has 3 rings (SSSR count). The van der Waals surface area contributed by atoms with E-state index in [0.29, 0.717) is 45.0 Å². The van der Waals surface area contributed by atoms with Gasteiger partial charge in [-0.3, -0.25) is 14.5 Å². The molecule has 0 atom stereocenters. The van der Waals surface area contributed by atoms with Gasteiger partial charge in [0.25, 0.3) is 5.91 Å². The third-order valence-corrected chi connectivity index (χ3v) is 6.10. The highest BCUT2D eigenvalue weighted by Crippen LogP contribution is 2.35. The molecule has 1 saturated heterocycles. The van der Waals surface area contributed by atoms with Crippen LogP contribution in [0.15, 0.2) is 47.4 Å². The zero-order valence-corrected chi connectivity index (χ0v) is 19.3. The quantitative estimate of drug-likeness (QED) is 0.409. The second-order valence-corrected chi connectivity index (χ2v) is 8.48. The molecule has 0 bridgehead atoms. The zero-order chi connectivity index (χ0) is 23.1. The summed E-state index contributed by atoms with van der Waals surface area (Å²) in [5.41, 5.74) is 1.69. The predicted molar refractivity (Wildman–Crippen MR) is 127 cm³/mol. The number of thioether (sulfide) groups is 1. The molecule has 0 aromatic heterocycles. The monoisotopic (exact) mass is 473 g/mol. The highest BCUT2D eigenvalue weighted by atomic mass is 32.2. The van der Waals surface area contributed by atoms with Crippen molar-refractivity contribution in [2.24, 2.45) is 0 Å². The second kappa shape index (κ2) is 11.0. The number of hydrogen-bond donors (Lipinski definition) is 1. The molecule has 0 saturated carbocycles. The maximum atomic E-state index is 13.0. The summed E-state index contributed by atoms with van der Waals surface area (Å²) in [6, 6.07) is 12.8. The Morgan fingerprint density at radius 3 is 2.59 bits per heavy atom.